The molecule has 5 heteroatoms. The van der Waals surface area contributed by atoms with Crippen molar-refractivity contribution in [2.75, 3.05) is 13.2 Å². The highest BCUT2D eigenvalue weighted by atomic mass is 16.6. The lowest BCUT2D eigenvalue weighted by molar-refractivity contribution is -0.139. The first-order valence-electron chi connectivity index (χ1n) is 5.51. The number of carboxylic acid groups (broad SMARTS) is 1. The summed E-state index contributed by atoms with van der Waals surface area (Å²) in [7, 11) is 0. The second-order valence-electron chi connectivity index (χ2n) is 4.12. The molecule has 0 aromatic heterocycles. The van der Waals surface area contributed by atoms with E-state index in [0.29, 0.717) is 19.6 Å². The van der Waals surface area contributed by atoms with Gasteiger partial charge in [-0.15, -0.1) is 0 Å². The molecule has 2 rings (SSSR count). The van der Waals surface area contributed by atoms with Gasteiger partial charge in [-0.25, -0.2) is 0 Å². The van der Waals surface area contributed by atoms with E-state index in [0.717, 1.165) is 5.56 Å². The molecule has 2 atom stereocenters. The molecule has 1 heterocycles. The van der Waals surface area contributed by atoms with Crippen LogP contribution in [-0.2, 0) is 16.0 Å². The third-order valence-corrected chi connectivity index (χ3v) is 2.67. The largest absolute Gasteiger partial charge is 0.508 e. The molecule has 1 fully saturated rings. The van der Waals surface area contributed by atoms with Gasteiger partial charge in [0, 0.05) is 6.54 Å². The Hall–Kier alpha value is -1.59. The summed E-state index contributed by atoms with van der Waals surface area (Å²) in [5.41, 5.74) is 0.874. The maximum absolute atomic E-state index is 11.1. The number of epoxide rings is 1. The van der Waals surface area contributed by atoms with Gasteiger partial charge in [-0.1, -0.05) is 12.1 Å². The number of aliphatic carboxylic acids is 1. The highest BCUT2D eigenvalue weighted by Crippen LogP contribution is 2.12. The Morgan fingerprint density at radius 1 is 1.47 bits per heavy atom. The van der Waals surface area contributed by atoms with Crippen molar-refractivity contribution < 1.29 is 19.7 Å². The average Bonchev–Trinajstić information content (AvgIpc) is 3.10. The van der Waals surface area contributed by atoms with Crippen LogP contribution in [0.25, 0.3) is 0 Å². The average molecular weight is 237 g/mol. The standard InChI is InChI=1S/C12H15NO4/c14-9-3-1-8(2-4-9)5-11(12(15)16)13-6-10-7-17-10/h1-4,10-11,13-14H,5-7H2,(H,15,16). The number of carboxylic acids is 1. The number of phenols is 1. The predicted molar refractivity (Wildman–Crippen MR) is 61.0 cm³/mol. The Morgan fingerprint density at radius 3 is 2.65 bits per heavy atom. The zero-order valence-corrected chi connectivity index (χ0v) is 9.30. The highest BCUT2D eigenvalue weighted by molar-refractivity contribution is 5.73. The number of phenolic OH excluding ortho intramolecular Hbond substituents is 1. The fourth-order valence-corrected chi connectivity index (χ4v) is 1.57. The van der Waals surface area contributed by atoms with Gasteiger partial charge in [0.05, 0.1) is 12.7 Å². The minimum atomic E-state index is -0.876. The van der Waals surface area contributed by atoms with Gasteiger partial charge in [0.1, 0.15) is 11.8 Å². The summed E-state index contributed by atoms with van der Waals surface area (Å²) in [6, 6.07) is 5.93. The van der Waals surface area contributed by atoms with Crippen molar-refractivity contribution in [2.24, 2.45) is 0 Å². The van der Waals surface area contributed by atoms with Crippen LogP contribution in [0.2, 0.25) is 0 Å². The molecule has 0 spiro atoms. The third kappa shape index (κ3) is 3.72. The van der Waals surface area contributed by atoms with E-state index >= 15 is 0 Å². The van der Waals surface area contributed by atoms with Crippen LogP contribution in [0.1, 0.15) is 5.56 Å². The molecule has 0 saturated carbocycles. The number of carbonyl (C=O) groups is 1. The Labute approximate surface area is 99.0 Å². The lowest BCUT2D eigenvalue weighted by Crippen LogP contribution is -2.40. The monoisotopic (exact) mass is 237 g/mol. The molecular formula is C12H15NO4. The number of ether oxygens (including phenoxy) is 1. The number of hydrogen-bond acceptors (Lipinski definition) is 4. The van der Waals surface area contributed by atoms with Gasteiger partial charge in [-0.2, -0.15) is 0 Å². The molecule has 17 heavy (non-hydrogen) atoms. The predicted octanol–water partition coefficient (Wildman–Crippen LogP) is 0.376. The Kier molecular flexibility index (Phi) is 3.61. The Balaban J connectivity index is 1.91. The molecule has 1 aromatic carbocycles. The lowest BCUT2D eigenvalue weighted by atomic mass is 10.1. The maximum atomic E-state index is 11.1. The molecule has 0 amide bonds. The Morgan fingerprint density at radius 2 is 2.12 bits per heavy atom. The lowest BCUT2D eigenvalue weighted by Gasteiger charge is -2.13. The topological polar surface area (TPSA) is 82.1 Å². The first-order valence-corrected chi connectivity index (χ1v) is 5.51. The molecule has 3 N–H and O–H groups in total. The van der Waals surface area contributed by atoms with E-state index in [-0.39, 0.29) is 11.9 Å². The number of benzene rings is 1. The number of rotatable bonds is 6. The fourth-order valence-electron chi connectivity index (χ4n) is 1.57. The molecular weight excluding hydrogens is 222 g/mol. The van der Waals surface area contributed by atoms with Gasteiger partial charge in [0.2, 0.25) is 0 Å². The smallest absolute Gasteiger partial charge is 0.321 e. The molecule has 0 aliphatic carbocycles. The third-order valence-electron chi connectivity index (χ3n) is 2.67. The second kappa shape index (κ2) is 5.16. The van der Waals surface area contributed by atoms with Gasteiger partial charge in [-0.05, 0) is 24.1 Å². The van der Waals surface area contributed by atoms with Crippen molar-refractivity contribution in [2.45, 2.75) is 18.6 Å². The fraction of sp³-hybridized carbons (Fsp3) is 0.417. The molecule has 92 valence electrons. The van der Waals surface area contributed by atoms with Crippen LogP contribution in [0.5, 0.6) is 5.75 Å². The summed E-state index contributed by atoms with van der Waals surface area (Å²) in [4.78, 5) is 11.1. The van der Waals surface area contributed by atoms with Crippen LogP contribution in [0, 0.1) is 0 Å². The minimum Gasteiger partial charge on any atom is -0.508 e. The summed E-state index contributed by atoms with van der Waals surface area (Å²) in [5.74, 6) is -0.696. The van der Waals surface area contributed by atoms with E-state index in [1.165, 1.54) is 0 Å². The van der Waals surface area contributed by atoms with E-state index in [1.54, 1.807) is 24.3 Å². The number of aromatic hydroxyl groups is 1. The second-order valence-corrected chi connectivity index (χ2v) is 4.12. The van der Waals surface area contributed by atoms with Gasteiger partial charge >= 0.3 is 5.97 Å². The van der Waals surface area contributed by atoms with E-state index in [1.807, 2.05) is 0 Å². The Bertz CT molecular complexity index is 386. The zero-order chi connectivity index (χ0) is 12.3. The molecule has 1 saturated heterocycles. The van der Waals surface area contributed by atoms with Crippen LogP contribution in [0.4, 0.5) is 0 Å². The first-order chi connectivity index (χ1) is 8.15. The van der Waals surface area contributed by atoms with Gasteiger partial charge in [0.25, 0.3) is 0 Å². The molecule has 0 bridgehead atoms. The molecule has 1 aromatic rings. The van der Waals surface area contributed by atoms with Gasteiger partial charge < -0.3 is 20.3 Å². The molecule has 5 nitrogen and oxygen atoms in total. The first kappa shape index (κ1) is 11.9. The van der Waals surface area contributed by atoms with E-state index in [4.69, 9.17) is 14.9 Å². The van der Waals surface area contributed by atoms with Crippen LogP contribution < -0.4 is 5.32 Å². The normalized spacial score (nSPS) is 19.9. The molecule has 1 aliphatic heterocycles. The van der Waals surface area contributed by atoms with Crippen molar-refractivity contribution in [3.8, 4) is 5.75 Å². The summed E-state index contributed by atoms with van der Waals surface area (Å²) < 4.78 is 5.02. The summed E-state index contributed by atoms with van der Waals surface area (Å²) in [6.45, 7) is 1.27. The summed E-state index contributed by atoms with van der Waals surface area (Å²) in [6.07, 6.45) is 0.555. The van der Waals surface area contributed by atoms with Crippen LogP contribution in [0.15, 0.2) is 24.3 Å². The quantitative estimate of drug-likeness (QED) is 0.623. The van der Waals surface area contributed by atoms with Crippen molar-refractivity contribution in [3.63, 3.8) is 0 Å². The van der Waals surface area contributed by atoms with Crippen molar-refractivity contribution >= 4 is 5.97 Å². The van der Waals surface area contributed by atoms with E-state index in [2.05, 4.69) is 5.32 Å². The van der Waals surface area contributed by atoms with Gasteiger partial charge in [-0.3, -0.25) is 4.79 Å². The van der Waals surface area contributed by atoms with Crippen LogP contribution in [0.3, 0.4) is 0 Å². The van der Waals surface area contributed by atoms with E-state index < -0.39 is 12.0 Å². The zero-order valence-electron chi connectivity index (χ0n) is 9.30. The highest BCUT2D eigenvalue weighted by Gasteiger charge is 2.25. The molecule has 2 unspecified atom stereocenters. The SMILES string of the molecule is O=C(O)C(Cc1ccc(O)cc1)NCC1CO1. The number of hydrogen-bond donors (Lipinski definition) is 3. The summed E-state index contributed by atoms with van der Waals surface area (Å²) >= 11 is 0. The molecule has 0 radical (unpaired) electrons. The van der Waals surface area contributed by atoms with Crippen molar-refractivity contribution in [1.29, 1.82) is 0 Å². The maximum Gasteiger partial charge on any atom is 0.321 e. The van der Waals surface area contributed by atoms with Crippen molar-refractivity contribution in [1.82, 2.24) is 5.32 Å². The van der Waals surface area contributed by atoms with Crippen molar-refractivity contribution in [3.05, 3.63) is 29.8 Å². The minimum absolute atomic E-state index is 0.164. The molecule has 1 aliphatic rings. The van der Waals surface area contributed by atoms with Crippen LogP contribution in [-0.4, -0.2) is 41.5 Å². The van der Waals surface area contributed by atoms with Crippen LogP contribution >= 0.6 is 0 Å². The van der Waals surface area contributed by atoms with Gasteiger partial charge in [0.15, 0.2) is 0 Å². The summed E-state index contributed by atoms with van der Waals surface area (Å²) in [5, 5.41) is 21.2. The van der Waals surface area contributed by atoms with E-state index in [9.17, 15) is 4.79 Å². The number of nitrogens with one attached hydrogen (secondary N) is 1.